The molecule has 0 radical (unpaired) electrons. The van der Waals surface area contributed by atoms with E-state index in [1.165, 1.54) is 12.3 Å². The molecule has 6 heteroatoms. The molecule has 1 unspecified atom stereocenters. The SMILES string of the molecule is O=C(c1ccccc1)c1cccc(NC(=O)C(Cc2ccccc2)NC(=O)c2ccco2)c1. The molecule has 33 heavy (non-hydrogen) atoms. The van der Waals surface area contributed by atoms with Gasteiger partial charge in [-0.2, -0.15) is 0 Å². The molecule has 1 aromatic heterocycles. The fourth-order valence-electron chi connectivity index (χ4n) is 3.42. The molecule has 164 valence electrons. The Balaban J connectivity index is 1.52. The number of benzene rings is 3. The molecule has 4 rings (SSSR count). The van der Waals surface area contributed by atoms with Gasteiger partial charge in [-0.05, 0) is 29.8 Å². The first kappa shape index (κ1) is 21.8. The number of furan rings is 1. The van der Waals surface area contributed by atoms with Gasteiger partial charge < -0.3 is 15.1 Å². The van der Waals surface area contributed by atoms with Gasteiger partial charge in [-0.1, -0.05) is 72.8 Å². The highest BCUT2D eigenvalue weighted by Gasteiger charge is 2.23. The fraction of sp³-hybridized carbons (Fsp3) is 0.0741. The Morgan fingerprint density at radius 2 is 1.45 bits per heavy atom. The van der Waals surface area contributed by atoms with Crippen molar-refractivity contribution in [1.29, 1.82) is 0 Å². The third kappa shape index (κ3) is 5.62. The molecule has 0 aliphatic rings. The summed E-state index contributed by atoms with van der Waals surface area (Å²) >= 11 is 0. The number of carbonyl (C=O) groups excluding carboxylic acids is 3. The van der Waals surface area contributed by atoms with Crippen LogP contribution in [0.25, 0.3) is 0 Å². The number of nitrogens with one attached hydrogen (secondary N) is 2. The lowest BCUT2D eigenvalue weighted by molar-refractivity contribution is -0.118. The van der Waals surface area contributed by atoms with Crippen molar-refractivity contribution in [2.75, 3.05) is 5.32 Å². The number of rotatable bonds is 8. The molecule has 2 N–H and O–H groups in total. The Hall–Kier alpha value is -4.45. The van der Waals surface area contributed by atoms with Gasteiger partial charge in [0.05, 0.1) is 6.26 Å². The standard InChI is InChI=1S/C27H22N2O4/c30-25(20-11-5-2-6-12-20)21-13-7-14-22(18-21)28-26(31)23(17-19-9-3-1-4-10-19)29-27(32)24-15-8-16-33-24/h1-16,18,23H,17H2,(H,28,31)(H,29,32). The van der Waals surface area contributed by atoms with Crippen LogP contribution in [-0.4, -0.2) is 23.6 Å². The van der Waals surface area contributed by atoms with E-state index in [-0.39, 0.29) is 11.5 Å². The van der Waals surface area contributed by atoms with Gasteiger partial charge in [0.25, 0.3) is 5.91 Å². The van der Waals surface area contributed by atoms with Crippen molar-refractivity contribution in [3.05, 3.63) is 126 Å². The van der Waals surface area contributed by atoms with E-state index in [0.29, 0.717) is 23.2 Å². The zero-order valence-electron chi connectivity index (χ0n) is 17.7. The second-order valence-corrected chi connectivity index (χ2v) is 7.46. The summed E-state index contributed by atoms with van der Waals surface area (Å²) in [6.45, 7) is 0. The number of hydrogen-bond donors (Lipinski definition) is 2. The minimum atomic E-state index is -0.849. The van der Waals surface area contributed by atoms with E-state index in [1.54, 1.807) is 54.6 Å². The van der Waals surface area contributed by atoms with E-state index >= 15 is 0 Å². The first-order valence-electron chi connectivity index (χ1n) is 10.5. The summed E-state index contributed by atoms with van der Waals surface area (Å²) in [5.74, 6) is -0.901. The molecule has 6 nitrogen and oxygen atoms in total. The molecule has 2 amide bonds. The van der Waals surface area contributed by atoms with Crippen LogP contribution in [0.15, 0.2) is 108 Å². The maximum absolute atomic E-state index is 13.1. The number of ketones is 1. The van der Waals surface area contributed by atoms with Crippen LogP contribution in [0.3, 0.4) is 0 Å². The summed E-state index contributed by atoms with van der Waals surface area (Å²) in [4.78, 5) is 38.4. The summed E-state index contributed by atoms with van der Waals surface area (Å²) in [6.07, 6.45) is 1.69. The smallest absolute Gasteiger partial charge is 0.287 e. The maximum atomic E-state index is 13.1. The van der Waals surface area contributed by atoms with E-state index in [0.717, 1.165) is 5.56 Å². The minimum Gasteiger partial charge on any atom is -0.459 e. The van der Waals surface area contributed by atoms with E-state index in [9.17, 15) is 14.4 Å². The monoisotopic (exact) mass is 438 g/mol. The lowest BCUT2D eigenvalue weighted by Gasteiger charge is -2.18. The van der Waals surface area contributed by atoms with Crippen LogP contribution in [-0.2, 0) is 11.2 Å². The van der Waals surface area contributed by atoms with Crippen molar-refractivity contribution >= 4 is 23.3 Å². The van der Waals surface area contributed by atoms with E-state index < -0.39 is 17.9 Å². The molecule has 3 aromatic carbocycles. The number of hydrogen-bond acceptors (Lipinski definition) is 4. The van der Waals surface area contributed by atoms with Crippen molar-refractivity contribution in [1.82, 2.24) is 5.32 Å². The first-order valence-corrected chi connectivity index (χ1v) is 10.5. The molecular formula is C27H22N2O4. The van der Waals surface area contributed by atoms with Crippen LogP contribution in [0, 0.1) is 0 Å². The molecule has 0 spiro atoms. The van der Waals surface area contributed by atoms with Crippen molar-refractivity contribution in [3.8, 4) is 0 Å². The quantitative estimate of drug-likeness (QED) is 0.397. The van der Waals surface area contributed by atoms with Crippen molar-refractivity contribution in [2.24, 2.45) is 0 Å². The number of carbonyl (C=O) groups is 3. The van der Waals surface area contributed by atoms with Gasteiger partial charge in [0.1, 0.15) is 6.04 Å². The van der Waals surface area contributed by atoms with Gasteiger partial charge >= 0.3 is 0 Å². The molecule has 0 fully saturated rings. The van der Waals surface area contributed by atoms with Crippen LogP contribution in [0.4, 0.5) is 5.69 Å². The third-order valence-electron chi connectivity index (χ3n) is 5.08. The zero-order chi connectivity index (χ0) is 23.0. The molecule has 1 atom stereocenters. The minimum absolute atomic E-state index is 0.122. The van der Waals surface area contributed by atoms with Crippen LogP contribution in [0.1, 0.15) is 32.0 Å². The predicted octanol–water partition coefficient (Wildman–Crippen LogP) is 4.49. The molecule has 0 bridgehead atoms. The van der Waals surface area contributed by atoms with Crippen molar-refractivity contribution < 1.29 is 18.8 Å². The van der Waals surface area contributed by atoms with Gasteiger partial charge in [-0.3, -0.25) is 14.4 Å². The van der Waals surface area contributed by atoms with E-state index in [2.05, 4.69) is 10.6 Å². The summed E-state index contributed by atoms with van der Waals surface area (Å²) in [5.41, 5.74) is 2.38. The van der Waals surface area contributed by atoms with Crippen LogP contribution in [0.5, 0.6) is 0 Å². The summed E-state index contributed by atoms with van der Waals surface area (Å²) in [5, 5.41) is 5.56. The average Bonchev–Trinajstić information content (AvgIpc) is 3.40. The Kier molecular flexibility index (Phi) is 6.75. The Morgan fingerprint density at radius 3 is 2.15 bits per heavy atom. The lowest BCUT2D eigenvalue weighted by Crippen LogP contribution is -2.45. The predicted molar refractivity (Wildman–Crippen MR) is 125 cm³/mol. The highest BCUT2D eigenvalue weighted by atomic mass is 16.3. The summed E-state index contributed by atoms with van der Waals surface area (Å²) in [7, 11) is 0. The molecule has 0 aliphatic carbocycles. The Labute approximate surface area is 191 Å². The second kappa shape index (κ2) is 10.2. The summed E-state index contributed by atoms with van der Waals surface area (Å²) in [6, 6.07) is 27.4. The fourth-order valence-corrected chi connectivity index (χ4v) is 3.42. The molecule has 0 aliphatic heterocycles. The van der Waals surface area contributed by atoms with Crippen LogP contribution >= 0.6 is 0 Å². The molecular weight excluding hydrogens is 416 g/mol. The van der Waals surface area contributed by atoms with Crippen molar-refractivity contribution in [2.45, 2.75) is 12.5 Å². The van der Waals surface area contributed by atoms with Gasteiger partial charge in [0.2, 0.25) is 5.91 Å². The summed E-state index contributed by atoms with van der Waals surface area (Å²) < 4.78 is 5.15. The average molecular weight is 438 g/mol. The van der Waals surface area contributed by atoms with Gasteiger partial charge in [-0.25, -0.2) is 0 Å². The lowest BCUT2D eigenvalue weighted by atomic mass is 10.0. The third-order valence-corrected chi connectivity index (χ3v) is 5.08. The van der Waals surface area contributed by atoms with E-state index in [4.69, 9.17) is 4.42 Å². The molecule has 0 saturated heterocycles. The normalized spacial score (nSPS) is 11.4. The zero-order valence-corrected chi connectivity index (χ0v) is 17.7. The molecule has 0 saturated carbocycles. The number of amides is 2. The molecule has 4 aromatic rings. The van der Waals surface area contributed by atoms with Crippen LogP contribution in [0.2, 0.25) is 0 Å². The van der Waals surface area contributed by atoms with Gasteiger partial charge in [0, 0.05) is 23.2 Å². The topological polar surface area (TPSA) is 88.4 Å². The highest BCUT2D eigenvalue weighted by molar-refractivity contribution is 6.10. The van der Waals surface area contributed by atoms with E-state index in [1.807, 2.05) is 36.4 Å². The Bertz CT molecular complexity index is 1240. The maximum Gasteiger partial charge on any atom is 0.287 e. The van der Waals surface area contributed by atoms with Gasteiger partial charge in [-0.15, -0.1) is 0 Å². The van der Waals surface area contributed by atoms with Crippen LogP contribution < -0.4 is 10.6 Å². The highest BCUT2D eigenvalue weighted by Crippen LogP contribution is 2.16. The second-order valence-electron chi connectivity index (χ2n) is 7.46. The van der Waals surface area contributed by atoms with Crippen molar-refractivity contribution in [3.63, 3.8) is 0 Å². The number of anilines is 1. The molecule has 1 heterocycles. The largest absolute Gasteiger partial charge is 0.459 e. The Morgan fingerprint density at radius 1 is 0.758 bits per heavy atom. The van der Waals surface area contributed by atoms with Gasteiger partial charge in [0.15, 0.2) is 11.5 Å². The first-order chi connectivity index (χ1) is 16.1.